The molecule has 1 amide bonds. The van der Waals surface area contributed by atoms with Crippen molar-refractivity contribution in [2.75, 3.05) is 18.5 Å². The van der Waals surface area contributed by atoms with E-state index < -0.39 is 0 Å². The van der Waals surface area contributed by atoms with E-state index in [1.165, 1.54) is 11.3 Å². The van der Waals surface area contributed by atoms with Gasteiger partial charge in [0.2, 0.25) is 5.91 Å². The molecule has 0 bridgehead atoms. The Balaban J connectivity index is 1.56. The molecule has 1 aliphatic heterocycles. The van der Waals surface area contributed by atoms with E-state index in [2.05, 4.69) is 41.2 Å². The lowest BCUT2D eigenvalue weighted by molar-refractivity contribution is -0.133. The highest BCUT2D eigenvalue weighted by atomic mass is 16.2. The van der Waals surface area contributed by atoms with Crippen LogP contribution >= 0.6 is 0 Å². The molecule has 2 aromatic carbocycles. The number of hydrogen-bond acceptors (Lipinski definition) is 4. The smallest absolute Gasteiger partial charge is 0.230 e. The maximum atomic E-state index is 13.2. The van der Waals surface area contributed by atoms with Crippen molar-refractivity contribution in [3.63, 3.8) is 0 Å². The van der Waals surface area contributed by atoms with Gasteiger partial charge in [-0.25, -0.2) is 0 Å². The molecule has 6 heteroatoms. The third-order valence-corrected chi connectivity index (χ3v) is 5.44. The topological polar surface area (TPSA) is 54.3 Å². The summed E-state index contributed by atoms with van der Waals surface area (Å²) in [5, 5.41) is 8.59. The number of carbonyl (C=O) groups is 1. The molecule has 3 aromatic rings. The first-order valence-electron chi connectivity index (χ1n) is 9.57. The maximum Gasteiger partial charge on any atom is 0.230 e. The summed E-state index contributed by atoms with van der Waals surface area (Å²) in [4.78, 5) is 17.4. The van der Waals surface area contributed by atoms with E-state index in [4.69, 9.17) is 0 Å². The number of likely N-dealkylation sites (N-methyl/N-ethyl adjacent to an activating group) is 1. The van der Waals surface area contributed by atoms with E-state index in [0.29, 0.717) is 12.4 Å². The molecule has 28 heavy (non-hydrogen) atoms. The fourth-order valence-electron chi connectivity index (χ4n) is 3.87. The SMILES string of the molecule is CC1CN(C)c2ccccc2CN1C(=O)Cc1nnc(-c2ccccc2)n1C. The average Bonchev–Trinajstić information content (AvgIpc) is 3.00. The highest BCUT2D eigenvalue weighted by Gasteiger charge is 2.28. The highest BCUT2D eigenvalue weighted by Crippen LogP contribution is 2.26. The van der Waals surface area contributed by atoms with Crippen molar-refractivity contribution in [3.8, 4) is 11.4 Å². The Bertz CT molecular complexity index is 982. The molecule has 0 fully saturated rings. The van der Waals surface area contributed by atoms with Gasteiger partial charge in [-0.15, -0.1) is 10.2 Å². The molecule has 0 saturated carbocycles. The van der Waals surface area contributed by atoms with E-state index in [1.54, 1.807) is 0 Å². The van der Waals surface area contributed by atoms with Crippen LogP contribution in [0.2, 0.25) is 0 Å². The van der Waals surface area contributed by atoms with Crippen LogP contribution in [0.3, 0.4) is 0 Å². The summed E-state index contributed by atoms with van der Waals surface area (Å²) < 4.78 is 1.91. The second-order valence-corrected chi connectivity index (χ2v) is 7.42. The van der Waals surface area contributed by atoms with Crippen molar-refractivity contribution in [2.24, 2.45) is 7.05 Å². The normalized spacial score (nSPS) is 16.6. The average molecular weight is 375 g/mol. The van der Waals surface area contributed by atoms with Crippen LogP contribution in [0, 0.1) is 0 Å². The van der Waals surface area contributed by atoms with Crippen LogP contribution in [0.5, 0.6) is 0 Å². The molecule has 0 aliphatic carbocycles. The molecule has 4 rings (SSSR count). The molecule has 6 nitrogen and oxygen atoms in total. The van der Waals surface area contributed by atoms with E-state index in [1.807, 2.05) is 59.0 Å². The predicted molar refractivity (Wildman–Crippen MR) is 110 cm³/mol. The van der Waals surface area contributed by atoms with Crippen LogP contribution in [-0.2, 0) is 24.8 Å². The van der Waals surface area contributed by atoms with E-state index in [-0.39, 0.29) is 18.4 Å². The summed E-state index contributed by atoms with van der Waals surface area (Å²) in [5.74, 6) is 1.53. The first-order valence-corrected chi connectivity index (χ1v) is 9.57. The number of nitrogens with zero attached hydrogens (tertiary/aromatic N) is 5. The van der Waals surface area contributed by atoms with Gasteiger partial charge < -0.3 is 14.4 Å². The number of hydrogen-bond donors (Lipinski definition) is 0. The Labute approximate surface area is 165 Å². The largest absolute Gasteiger partial charge is 0.372 e. The van der Waals surface area contributed by atoms with Gasteiger partial charge in [0.1, 0.15) is 5.82 Å². The first-order chi connectivity index (χ1) is 13.5. The number of carbonyl (C=O) groups excluding carboxylic acids is 1. The van der Waals surface area contributed by atoms with Crippen LogP contribution < -0.4 is 4.90 Å². The van der Waals surface area contributed by atoms with Gasteiger partial charge in [0.15, 0.2) is 5.82 Å². The molecule has 0 radical (unpaired) electrons. The number of anilines is 1. The summed E-state index contributed by atoms with van der Waals surface area (Å²) in [7, 11) is 4.00. The van der Waals surface area contributed by atoms with Gasteiger partial charge in [0.25, 0.3) is 0 Å². The third kappa shape index (κ3) is 3.38. The van der Waals surface area contributed by atoms with E-state index in [9.17, 15) is 4.79 Å². The predicted octanol–water partition coefficient (Wildman–Crippen LogP) is 2.89. The molecular formula is C22H25N5O. The van der Waals surface area contributed by atoms with Crippen molar-refractivity contribution < 1.29 is 4.79 Å². The van der Waals surface area contributed by atoms with Gasteiger partial charge in [0.05, 0.1) is 6.42 Å². The number of amides is 1. The maximum absolute atomic E-state index is 13.2. The fourth-order valence-corrected chi connectivity index (χ4v) is 3.87. The minimum absolute atomic E-state index is 0.0766. The van der Waals surface area contributed by atoms with E-state index in [0.717, 1.165) is 17.9 Å². The number of rotatable bonds is 3. The van der Waals surface area contributed by atoms with Crippen LogP contribution in [0.4, 0.5) is 5.69 Å². The summed E-state index contributed by atoms with van der Waals surface area (Å²) in [6.45, 7) is 3.52. The minimum atomic E-state index is 0.0766. The lowest BCUT2D eigenvalue weighted by Crippen LogP contribution is -2.42. The third-order valence-electron chi connectivity index (χ3n) is 5.44. The van der Waals surface area contributed by atoms with Crippen molar-refractivity contribution in [1.29, 1.82) is 0 Å². The zero-order valence-electron chi connectivity index (χ0n) is 16.5. The quantitative estimate of drug-likeness (QED) is 0.706. The van der Waals surface area contributed by atoms with Crippen molar-refractivity contribution in [1.82, 2.24) is 19.7 Å². The number of aromatic nitrogens is 3. The van der Waals surface area contributed by atoms with Gasteiger partial charge in [0, 0.05) is 44.5 Å². The molecule has 0 saturated heterocycles. The van der Waals surface area contributed by atoms with Crippen molar-refractivity contribution in [2.45, 2.75) is 25.9 Å². The zero-order valence-corrected chi connectivity index (χ0v) is 16.5. The van der Waals surface area contributed by atoms with Crippen LogP contribution in [0.1, 0.15) is 18.3 Å². The Morgan fingerprint density at radius 2 is 1.75 bits per heavy atom. The second kappa shape index (κ2) is 7.46. The van der Waals surface area contributed by atoms with Gasteiger partial charge in [-0.05, 0) is 18.6 Å². The standard InChI is InChI=1S/C22H25N5O/c1-16-14-25(2)19-12-8-7-11-18(19)15-27(16)21(28)13-20-23-24-22(26(20)3)17-9-5-4-6-10-17/h4-12,16H,13-15H2,1-3H3. The molecule has 2 heterocycles. The molecule has 1 atom stereocenters. The Morgan fingerprint density at radius 3 is 2.54 bits per heavy atom. The minimum Gasteiger partial charge on any atom is -0.372 e. The summed E-state index contributed by atoms with van der Waals surface area (Å²) in [6, 6.07) is 18.3. The molecule has 0 spiro atoms. The molecule has 1 unspecified atom stereocenters. The molecule has 144 valence electrons. The first kappa shape index (κ1) is 18.2. The number of para-hydroxylation sites is 1. The summed E-state index contributed by atoms with van der Waals surface area (Å²) in [5.41, 5.74) is 3.36. The van der Waals surface area contributed by atoms with E-state index >= 15 is 0 Å². The van der Waals surface area contributed by atoms with Crippen LogP contribution in [-0.4, -0.2) is 45.2 Å². The number of fused-ring (bicyclic) bond motifs is 1. The van der Waals surface area contributed by atoms with Gasteiger partial charge in [-0.2, -0.15) is 0 Å². The second-order valence-electron chi connectivity index (χ2n) is 7.42. The van der Waals surface area contributed by atoms with Gasteiger partial charge in [-0.1, -0.05) is 48.5 Å². The molecule has 1 aromatic heterocycles. The fraction of sp³-hybridized carbons (Fsp3) is 0.318. The highest BCUT2D eigenvalue weighted by molar-refractivity contribution is 5.79. The lowest BCUT2D eigenvalue weighted by Gasteiger charge is -2.28. The monoisotopic (exact) mass is 375 g/mol. The van der Waals surface area contributed by atoms with Crippen molar-refractivity contribution in [3.05, 3.63) is 66.0 Å². The molecule has 1 aliphatic rings. The summed E-state index contributed by atoms with van der Waals surface area (Å²) in [6.07, 6.45) is 0.243. The van der Waals surface area contributed by atoms with Crippen molar-refractivity contribution >= 4 is 11.6 Å². The van der Waals surface area contributed by atoms with Gasteiger partial charge >= 0.3 is 0 Å². The molecular weight excluding hydrogens is 350 g/mol. The van der Waals surface area contributed by atoms with Gasteiger partial charge in [-0.3, -0.25) is 4.79 Å². The summed E-state index contributed by atoms with van der Waals surface area (Å²) >= 11 is 0. The molecule has 0 N–H and O–H groups in total. The lowest BCUT2D eigenvalue weighted by atomic mass is 10.1. The van der Waals surface area contributed by atoms with Crippen LogP contribution in [0.15, 0.2) is 54.6 Å². The number of benzene rings is 2. The Morgan fingerprint density at radius 1 is 1.04 bits per heavy atom. The Hall–Kier alpha value is -3.15. The van der Waals surface area contributed by atoms with Crippen LogP contribution in [0.25, 0.3) is 11.4 Å². The Kier molecular flexibility index (Phi) is 4.86. The zero-order chi connectivity index (χ0) is 19.7.